The molecule has 1 aromatic heterocycles. The highest BCUT2D eigenvalue weighted by molar-refractivity contribution is 6.04. The van der Waals surface area contributed by atoms with Crippen molar-refractivity contribution in [2.24, 2.45) is 0 Å². The van der Waals surface area contributed by atoms with E-state index in [9.17, 15) is 4.79 Å². The molecule has 0 saturated heterocycles. The molecule has 0 aliphatic carbocycles. The van der Waals surface area contributed by atoms with Crippen LogP contribution in [0.25, 0.3) is 27.6 Å². The van der Waals surface area contributed by atoms with Crippen LogP contribution in [-0.2, 0) is 11.3 Å². The first-order valence-corrected chi connectivity index (χ1v) is 9.38. The Morgan fingerprint density at radius 3 is 2.75 bits per heavy atom. The van der Waals surface area contributed by atoms with E-state index in [1.165, 1.54) is 0 Å². The Balaban J connectivity index is 1.82. The molecule has 2 heterocycles. The van der Waals surface area contributed by atoms with Gasteiger partial charge in [0.05, 0.1) is 30.2 Å². The summed E-state index contributed by atoms with van der Waals surface area (Å²) >= 11 is 0. The molecule has 1 aliphatic heterocycles. The van der Waals surface area contributed by atoms with E-state index in [1.807, 2.05) is 60.1 Å². The number of hydrogen-bond acceptors (Lipinski definition) is 4. The molecular weight excluding hydrogens is 350 g/mol. The Hall–Kier alpha value is -3.60. The van der Waals surface area contributed by atoms with Gasteiger partial charge in [-0.3, -0.25) is 0 Å². The molecule has 0 amide bonds. The van der Waals surface area contributed by atoms with Crippen molar-refractivity contribution in [2.75, 3.05) is 11.9 Å². The molecule has 0 bridgehead atoms. The van der Waals surface area contributed by atoms with E-state index >= 15 is 0 Å². The summed E-state index contributed by atoms with van der Waals surface area (Å²) in [5.74, 6) is -0.398. The first kappa shape index (κ1) is 16.6. The van der Waals surface area contributed by atoms with Crippen LogP contribution in [0.2, 0.25) is 0 Å². The molecule has 1 aliphatic rings. The van der Waals surface area contributed by atoms with Crippen molar-refractivity contribution in [3.8, 4) is 16.8 Å². The number of aromatic nitrogens is 2. The number of anilines is 1. The van der Waals surface area contributed by atoms with Gasteiger partial charge >= 0.3 is 5.97 Å². The molecule has 5 rings (SSSR count). The third-order valence-electron chi connectivity index (χ3n) is 5.09. The molecule has 0 radical (unpaired) electrons. The van der Waals surface area contributed by atoms with Crippen molar-refractivity contribution in [3.05, 3.63) is 78.1 Å². The molecule has 4 aromatic rings. The van der Waals surface area contributed by atoms with Gasteiger partial charge in [0.1, 0.15) is 0 Å². The monoisotopic (exact) mass is 369 g/mol. The molecule has 5 nitrogen and oxygen atoms in total. The summed E-state index contributed by atoms with van der Waals surface area (Å²) in [6.07, 6.45) is 0. The number of nitrogens with zero attached hydrogens (tertiary/aromatic N) is 2. The standard InChI is InChI=1S/C23H19N3O2/c1-2-28-23(27)22-21(17-11-7-9-15-8-3-4-10-16(15)17)20-14-24-18-12-5-6-13-19(18)26(20)25-22/h3-13,24H,2,14H2,1H3. The number of rotatable bonds is 3. The highest BCUT2D eigenvalue weighted by atomic mass is 16.5. The third kappa shape index (κ3) is 2.47. The maximum Gasteiger partial charge on any atom is 0.359 e. The molecule has 3 aromatic carbocycles. The van der Waals surface area contributed by atoms with E-state index in [-0.39, 0.29) is 0 Å². The minimum atomic E-state index is -0.398. The third-order valence-corrected chi connectivity index (χ3v) is 5.09. The van der Waals surface area contributed by atoms with Crippen molar-refractivity contribution < 1.29 is 9.53 Å². The number of fused-ring (bicyclic) bond motifs is 4. The van der Waals surface area contributed by atoms with E-state index in [0.29, 0.717) is 18.8 Å². The second-order valence-electron chi connectivity index (χ2n) is 6.70. The average molecular weight is 369 g/mol. The molecule has 1 N–H and O–H groups in total. The average Bonchev–Trinajstić information content (AvgIpc) is 3.13. The van der Waals surface area contributed by atoms with Crippen LogP contribution in [0.4, 0.5) is 5.69 Å². The number of para-hydroxylation sites is 2. The van der Waals surface area contributed by atoms with Crippen LogP contribution in [0, 0.1) is 0 Å². The summed E-state index contributed by atoms with van der Waals surface area (Å²) in [4.78, 5) is 12.8. The van der Waals surface area contributed by atoms with Gasteiger partial charge in [0, 0.05) is 5.56 Å². The lowest BCUT2D eigenvalue weighted by atomic mass is 9.96. The van der Waals surface area contributed by atoms with E-state index in [0.717, 1.165) is 39.0 Å². The van der Waals surface area contributed by atoms with Crippen LogP contribution in [0.1, 0.15) is 23.1 Å². The normalized spacial score (nSPS) is 12.2. The fourth-order valence-corrected chi connectivity index (χ4v) is 3.87. The van der Waals surface area contributed by atoms with Gasteiger partial charge in [-0.2, -0.15) is 5.10 Å². The van der Waals surface area contributed by atoms with Gasteiger partial charge in [-0.1, -0.05) is 54.6 Å². The highest BCUT2D eigenvalue weighted by Crippen LogP contribution is 2.38. The Bertz CT molecular complexity index is 1200. The van der Waals surface area contributed by atoms with Crippen LogP contribution in [0.5, 0.6) is 0 Å². The predicted molar refractivity (Wildman–Crippen MR) is 110 cm³/mol. The van der Waals surface area contributed by atoms with Crippen molar-refractivity contribution in [1.29, 1.82) is 0 Å². The molecular formula is C23H19N3O2. The fourth-order valence-electron chi connectivity index (χ4n) is 3.87. The zero-order valence-electron chi connectivity index (χ0n) is 15.5. The van der Waals surface area contributed by atoms with E-state index in [1.54, 1.807) is 0 Å². The molecule has 0 spiro atoms. The lowest BCUT2D eigenvalue weighted by Gasteiger charge is -2.20. The van der Waals surface area contributed by atoms with Gasteiger partial charge in [0.2, 0.25) is 0 Å². The summed E-state index contributed by atoms with van der Waals surface area (Å²) in [6, 6.07) is 22.3. The van der Waals surface area contributed by atoms with Crippen LogP contribution >= 0.6 is 0 Å². The molecule has 0 saturated carbocycles. The zero-order valence-corrected chi connectivity index (χ0v) is 15.5. The Kier molecular flexibility index (Phi) is 3.86. The van der Waals surface area contributed by atoms with Crippen molar-refractivity contribution in [3.63, 3.8) is 0 Å². The van der Waals surface area contributed by atoms with Crippen LogP contribution in [0.15, 0.2) is 66.7 Å². The number of ether oxygens (including phenoxy) is 1. The summed E-state index contributed by atoms with van der Waals surface area (Å²) in [5.41, 5.74) is 5.06. The van der Waals surface area contributed by atoms with Gasteiger partial charge in [-0.05, 0) is 35.4 Å². The first-order chi connectivity index (χ1) is 13.8. The Morgan fingerprint density at radius 1 is 1.07 bits per heavy atom. The lowest BCUT2D eigenvalue weighted by molar-refractivity contribution is 0.0520. The van der Waals surface area contributed by atoms with Gasteiger partial charge in [0.15, 0.2) is 5.69 Å². The molecule has 0 unspecified atom stereocenters. The SMILES string of the molecule is CCOC(=O)c1nn2c(c1-c1cccc3ccccc13)CNc1ccccc1-2. The van der Waals surface area contributed by atoms with Crippen LogP contribution < -0.4 is 5.32 Å². The molecule has 5 heteroatoms. The van der Waals surface area contributed by atoms with Crippen molar-refractivity contribution >= 4 is 22.4 Å². The Morgan fingerprint density at radius 2 is 1.86 bits per heavy atom. The smallest absolute Gasteiger partial charge is 0.359 e. The number of carbonyl (C=O) groups excluding carboxylic acids is 1. The highest BCUT2D eigenvalue weighted by Gasteiger charge is 2.29. The maximum atomic E-state index is 12.8. The molecule has 138 valence electrons. The zero-order chi connectivity index (χ0) is 19.1. The molecule has 0 atom stereocenters. The fraction of sp³-hybridized carbons (Fsp3) is 0.130. The number of esters is 1. The number of carbonyl (C=O) groups is 1. The second kappa shape index (κ2) is 6.53. The summed E-state index contributed by atoms with van der Waals surface area (Å²) in [5, 5.41) is 10.4. The van der Waals surface area contributed by atoms with Gasteiger partial charge < -0.3 is 10.1 Å². The first-order valence-electron chi connectivity index (χ1n) is 9.38. The van der Waals surface area contributed by atoms with E-state index in [2.05, 4.69) is 23.5 Å². The van der Waals surface area contributed by atoms with Gasteiger partial charge in [-0.25, -0.2) is 9.48 Å². The predicted octanol–water partition coefficient (Wildman–Crippen LogP) is 4.79. The second-order valence-corrected chi connectivity index (χ2v) is 6.70. The maximum absolute atomic E-state index is 12.8. The van der Waals surface area contributed by atoms with Crippen molar-refractivity contribution in [1.82, 2.24) is 9.78 Å². The largest absolute Gasteiger partial charge is 0.461 e. The van der Waals surface area contributed by atoms with E-state index < -0.39 is 5.97 Å². The quantitative estimate of drug-likeness (QED) is 0.527. The minimum Gasteiger partial charge on any atom is -0.461 e. The van der Waals surface area contributed by atoms with Gasteiger partial charge in [0.25, 0.3) is 0 Å². The number of benzene rings is 3. The summed E-state index contributed by atoms with van der Waals surface area (Å²) < 4.78 is 7.20. The van der Waals surface area contributed by atoms with Crippen LogP contribution in [-0.4, -0.2) is 22.4 Å². The lowest BCUT2D eigenvalue weighted by Crippen LogP contribution is -2.16. The van der Waals surface area contributed by atoms with E-state index in [4.69, 9.17) is 9.84 Å². The van der Waals surface area contributed by atoms with Gasteiger partial charge in [-0.15, -0.1) is 0 Å². The number of nitrogens with one attached hydrogen (secondary N) is 1. The molecule has 0 fully saturated rings. The molecule has 28 heavy (non-hydrogen) atoms. The summed E-state index contributed by atoms with van der Waals surface area (Å²) in [7, 11) is 0. The summed E-state index contributed by atoms with van der Waals surface area (Å²) in [6.45, 7) is 2.70. The topological polar surface area (TPSA) is 56.1 Å². The van der Waals surface area contributed by atoms with Crippen LogP contribution in [0.3, 0.4) is 0 Å². The number of hydrogen-bond donors (Lipinski definition) is 1. The van der Waals surface area contributed by atoms with Crippen molar-refractivity contribution in [2.45, 2.75) is 13.5 Å². The Labute approximate surface area is 162 Å². The minimum absolute atomic E-state index is 0.310.